The van der Waals surface area contributed by atoms with E-state index in [1.54, 1.807) is 11.0 Å². The maximum Gasteiger partial charge on any atom is 0.307 e. The second-order valence-corrected chi connectivity index (χ2v) is 9.90. The number of ether oxygens (including phenoxy) is 2. The van der Waals surface area contributed by atoms with E-state index in [-0.39, 0.29) is 36.6 Å². The third-order valence-corrected chi connectivity index (χ3v) is 7.83. The van der Waals surface area contributed by atoms with Crippen molar-refractivity contribution in [3.05, 3.63) is 80.4 Å². The van der Waals surface area contributed by atoms with Crippen molar-refractivity contribution in [3.8, 4) is 22.6 Å². The summed E-state index contributed by atoms with van der Waals surface area (Å²) in [6.45, 7) is 6.54. The molecule has 0 spiro atoms. The Labute approximate surface area is 219 Å². The van der Waals surface area contributed by atoms with Gasteiger partial charge in [-0.15, -0.1) is 0 Å². The van der Waals surface area contributed by atoms with Gasteiger partial charge in [-0.05, 0) is 96.3 Å². The molecular formula is C30H29F2NO5. The second kappa shape index (κ2) is 9.74. The van der Waals surface area contributed by atoms with Gasteiger partial charge in [0.1, 0.15) is 0 Å². The van der Waals surface area contributed by atoms with Gasteiger partial charge in [-0.1, -0.05) is 6.07 Å². The van der Waals surface area contributed by atoms with Gasteiger partial charge in [0.2, 0.25) is 0 Å². The summed E-state index contributed by atoms with van der Waals surface area (Å²) < 4.78 is 40.7. The van der Waals surface area contributed by atoms with Crippen LogP contribution in [0, 0.1) is 32.4 Å². The summed E-state index contributed by atoms with van der Waals surface area (Å²) in [4.78, 5) is 26.9. The first kappa shape index (κ1) is 25.7. The van der Waals surface area contributed by atoms with Gasteiger partial charge in [0, 0.05) is 18.7 Å². The van der Waals surface area contributed by atoms with Crippen molar-refractivity contribution < 1.29 is 33.0 Å². The number of fused-ring (bicyclic) bond motifs is 2. The van der Waals surface area contributed by atoms with E-state index in [0.717, 1.165) is 39.8 Å². The van der Waals surface area contributed by atoms with Crippen LogP contribution in [0.15, 0.2) is 24.3 Å². The van der Waals surface area contributed by atoms with Gasteiger partial charge in [0.25, 0.3) is 5.91 Å². The molecule has 2 aliphatic rings. The first-order chi connectivity index (χ1) is 18.1. The smallest absolute Gasteiger partial charge is 0.307 e. The Morgan fingerprint density at radius 3 is 2.45 bits per heavy atom. The Morgan fingerprint density at radius 1 is 1.05 bits per heavy atom. The number of methoxy groups -OCH3 is 1. The van der Waals surface area contributed by atoms with Crippen LogP contribution in [0.5, 0.6) is 11.5 Å². The number of nitrogens with zero attached hydrogens (tertiary/aromatic N) is 1. The number of rotatable bonds is 5. The van der Waals surface area contributed by atoms with Crippen molar-refractivity contribution in [1.29, 1.82) is 0 Å². The number of benzene rings is 3. The molecule has 198 valence electrons. The fourth-order valence-corrected chi connectivity index (χ4v) is 5.87. The van der Waals surface area contributed by atoms with Crippen LogP contribution in [0.25, 0.3) is 11.1 Å². The summed E-state index contributed by atoms with van der Waals surface area (Å²) in [6, 6.07) is 5.87. The van der Waals surface area contributed by atoms with Crippen LogP contribution in [0.3, 0.4) is 0 Å². The van der Waals surface area contributed by atoms with E-state index in [9.17, 15) is 19.1 Å². The van der Waals surface area contributed by atoms with Gasteiger partial charge in [-0.3, -0.25) is 9.59 Å². The van der Waals surface area contributed by atoms with E-state index in [1.807, 2.05) is 20.8 Å². The molecule has 3 aromatic carbocycles. The summed E-state index contributed by atoms with van der Waals surface area (Å²) in [6.07, 6.45) is 1.21. The Balaban J connectivity index is 1.65. The van der Waals surface area contributed by atoms with E-state index in [2.05, 4.69) is 0 Å². The minimum Gasteiger partial charge on any atom is -0.494 e. The molecule has 0 aliphatic carbocycles. The minimum absolute atomic E-state index is 0.0140. The average molecular weight is 522 g/mol. The van der Waals surface area contributed by atoms with Gasteiger partial charge < -0.3 is 19.5 Å². The lowest BCUT2D eigenvalue weighted by Gasteiger charge is -2.25. The third-order valence-electron chi connectivity index (χ3n) is 7.83. The van der Waals surface area contributed by atoms with E-state index in [0.29, 0.717) is 29.7 Å². The zero-order valence-electron chi connectivity index (χ0n) is 21.8. The molecule has 2 aliphatic heterocycles. The molecule has 6 nitrogen and oxygen atoms in total. The number of aliphatic carboxylic acids is 1. The zero-order valence-corrected chi connectivity index (χ0v) is 21.8. The topological polar surface area (TPSA) is 76.1 Å². The van der Waals surface area contributed by atoms with Gasteiger partial charge in [-0.25, -0.2) is 8.78 Å². The van der Waals surface area contributed by atoms with Crippen LogP contribution >= 0.6 is 0 Å². The number of carboxylic acid groups (broad SMARTS) is 1. The molecule has 0 saturated heterocycles. The Morgan fingerprint density at radius 2 is 1.76 bits per heavy atom. The van der Waals surface area contributed by atoms with E-state index >= 15 is 4.39 Å². The SMILES string of the molecule is COc1cccc(C(=O)N2Cc3c(C)c(CC(=O)O)c(-c4cc(F)c5c(c4C)CCCO5)c(C)c3C2)c1F. The first-order valence-electron chi connectivity index (χ1n) is 12.6. The largest absolute Gasteiger partial charge is 0.494 e. The number of carbonyl (C=O) groups excluding carboxylic acids is 1. The number of halogens is 2. The first-order valence-corrected chi connectivity index (χ1v) is 12.6. The standard InChI is InChI=1S/C30H29F2NO5/c1-15-18-8-6-10-38-29(18)24(31)11-20(15)27-17(3)23-14-33(13-22(23)16(2)21(27)12-26(34)35)30(36)19-7-5-9-25(37-4)28(19)32/h5,7,9,11H,6,8,10,12-14H2,1-4H3,(H,34,35). The van der Waals surface area contributed by atoms with Crippen LogP contribution in [-0.2, 0) is 30.7 Å². The lowest BCUT2D eigenvalue weighted by Crippen LogP contribution is -2.26. The summed E-state index contributed by atoms with van der Waals surface area (Å²) in [7, 11) is 1.34. The summed E-state index contributed by atoms with van der Waals surface area (Å²) in [5, 5.41) is 9.77. The fourth-order valence-electron chi connectivity index (χ4n) is 5.87. The molecule has 2 heterocycles. The van der Waals surface area contributed by atoms with Gasteiger partial charge in [0.05, 0.1) is 25.7 Å². The molecule has 0 radical (unpaired) electrons. The predicted octanol–water partition coefficient (Wildman–Crippen LogP) is 5.67. The van der Waals surface area contributed by atoms with E-state index in [4.69, 9.17) is 9.47 Å². The van der Waals surface area contributed by atoms with E-state index in [1.165, 1.54) is 25.3 Å². The van der Waals surface area contributed by atoms with Crippen molar-refractivity contribution in [2.75, 3.05) is 13.7 Å². The molecule has 0 unspecified atom stereocenters. The Kier molecular flexibility index (Phi) is 6.59. The molecule has 5 rings (SSSR count). The lowest BCUT2D eigenvalue weighted by molar-refractivity contribution is -0.136. The van der Waals surface area contributed by atoms with E-state index < -0.39 is 23.5 Å². The summed E-state index contributed by atoms with van der Waals surface area (Å²) in [5.74, 6) is -2.42. The van der Waals surface area contributed by atoms with Crippen molar-refractivity contribution in [2.45, 2.75) is 53.1 Å². The number of hydrogen-bond donors (Lipinski definition) is 1. The summed E-state index contributed by atoms with van der Waals surface area (Å²) in [5.41, 5.74) is 6.73. The zero-order chi connectivity index (χ0) is 27.3. The fraction of sp³-hybridized carbons (Fsp3) is 0.333. The maximum absolute atomic E-state index is 15.2. The number of amides is 1. The van der Waals surface area contributed by atoms with Crippen molar-refractivity contribution in [1.82, 2.24) is 4.90 Å². The van der Waals surface area contributed by atoms with Crippen LogP contribution in [0.4, 0.5) is 8.78 Å². The molecule has 0 aromatic heterocycles. The highest BCUT2D eigenvalue weighted by atomic mass is 19.1. The normalized spacial score (nSPS) is 14.1. The molecule has 0 fully saturated rings. The van der Waals surface area contributed by atoms with Crippen molar-refractivity contribution >= 4 is 11.9 Å². The number of carboxylic acids is 1. The minimum atomic E-state index is -1.00. The van der Waals surface area contributed by atoms with Crippen LogP contribution in [0.1, 0.15) is 55.7 Å². The van der Waals surface area contributed by atoms with Gasteiger partial charge >= 0.3 is 5.97 Å². The quantitative estimate of drug-likeness (QED) is 0.468. The second-order valence-electron chi connectivity index (χ2n) is 9.90. The van der Waals surface area contributed by atoms with Crippen LogP contribution in [0.2, 0.25) is 0 Å². The Hall–Kier alpha value is -3.94. The highest BCUT2D eigenvalue weighted by Crippen LogP contribution is 2.44. The molecule has 38 heavy (non-hydrogen) atoms. The predicted molar refractivity (Wildman–Crippen MR) is 138 cm³/mol. The lowest BCUT2D eigenvalue weighted by atomic mass is 9.81. The molecule has 1 amide bonds. The molecule has 0 saturated carbocycles. The molecule has 3 aromatic rings. The third kappa shape index (κ3) is 4.08. The van der Waals surface area contributed by atoms with Gasteiger partial charge in [0.15, 0.2) is 23.1 Å². The summed E-state index contributed by atoms with van der Waals surface area (Å²) >= 11 is 0. The van der Waals surface area contributed by atoms with Crippen LogP contribution in [-0.4, -0.2) is 35.6 Å². The molecule has 1 N–H and O–H groups in total. The molecule has 0 bridgehead atoms. The highest BCUT2D eigenvalue weighted by molar-refractivity contribution is 5.95. The maximum atomic E-state index is 15.2. The number of carbonyl (C=O) groups is 2. The van der Waals surface area contributed by atoms with Crippen LogP contribution < -0.4 is 9.47 Å². The highest BCUT2D eigenvalue weighted by Gasteiger charge is 2.33. The average Bonchev–Trinajstić information content (AvgIpc) is 3.36. The van der Waals surface area contributed by atoms with Gasteiger partial charge in [-0.2, -0.15) is 0 Å². The molecule has 0 atom stereocenters. The number of hydrogen-bond acceptors (Lipinski definition) is 4. The molecular weight excluding hydrogens is 492 g/mol. The van der Waals surface area contributed by atoms with Crippen molar-refractivity contribution in [3.63, 3.8) is 0 Å². The molecule has 8 heteroatoms. The van der Waals surface area contributed by atoms with Crippen molar-refractivity contribution in [2.24, 2.45) is 0 Å². The Bertz CT molecular complexity index is 1500. The monoisotopic (exact) mass is 521 g/mol.